The average Bonchev–Trinajstić information content (AvgIpc) is 2.54. The van der Waals surface area contributed by atoms with Crippen molar-refractivity contribution < 1.29 is 14.3 Å². The summed E-state index contributed by atoms with van der Waals surface area (Å²) in [6.07, 6.45) is 0.754. The second-order valence-corrected chi connectivity index (χ2v) is 5.55. The van der Waals surface area contributed by atoms with Crippen molar-refractivity contribution in [3.05, 3.63) is 47.3 Å². The zero-order chi connectivity index (χ0) is 17.1. The van der Waals surface area contributed by atoms with Crippen LogP contribution in [-0.2, 0) is 11.2 Å². The van der Waals surface area contributed by atoms with E-state index in [1.807, 2.05) is 6.92 Å². The van der Waals surface area contributed by atoms with Crippen molar-refractivity contribution >= 4 is 17.5 Å². The molecule has 1 fully saturated rings. The highest BCUT2D eigenvalue weighted by Crippen LogP contribution is 2.21. The average molecular weight is 326 g/mol. The molecule has 0 aliphatic carbocycles. The van der Waals surface area contributed by atoms with Crippen LogP contribution in [0.3, 0.4) is 0 Å². The Morgan fingerprint density at radius 3 is 2.88 bits per heavy atom. The monoisotopic (exact) mass is 326 g/mol. The number of anilines is 1. The number of carbonyl (C=O) groups is 2. The van der Waals surface area contributed by atoms with Crippen molar-refractivity contribution in [2.45, 2.75) is 32.9 Å². The van der Waals surface area contributed by atoms with Crippen LogP contribution in [-0.4, -0.2) is 28.2 Å². The van der Waals surface area contributed by atoms with Crippen LogP contribution in [0.4, 0.5) is 5.69 Å². The molecule has 0 radical (unpaired) electrons. The van der Waals surface area contributed by atoms with Gasteiger partial charge >= 0.3 is 0 Å². The van der Waals surface area contributed by atoms with Crippen LogP contribution in [0.5, 0.6) is 5.75 Å². The molecule has 3 rings (SSSR count). The van der Waals surface area contributed by atoms with Crippen molar-refractivity contribution in [1.29, 1.82) is 0 Å². The summed E-state index contributed by atoms with van der Waals surface area (Å²) in [5.74, 6) is 0.305. The van der Waals surface area contributed by atoms with Gasteiger partial charge in [0.2, 0.25) is 5.91 Å². The molecule has 1 aliphatic rings. The predicted molar refractivity (Wildman–Crippen MR) is 87.7 cm³/mol. The molecule has 1 aromatic heterocycles. The van der Waals surface area contributed by atoms with E-state index in [-0.39, 0.29) is 18.0 Å². The van der Waals surface area contributed by atoms with Crippen LogP contribution in [0.1, 0.15) is 35.1 Å². The van der Waals surface area contributed by atoms with E-state index in [2.05, 4.69) is 20.8 Å². The van der Waals surface area contributed by atoms with Crippen LogP contribution >= 0.6 is 0 Å². The number of hydrogen-bond donors (Lipinski definition) is 2. The van der Waals surface area contributed by atoms with Gasteiger partial charge in [-0.1, -0.05) is 13.0 Å². The Hall–Kier alpha value is -2.96. The fourth-order valence-corrected chi connectivity index (χ4v) is 2.30. The Morgan fingerprint density at radius 2 is 2.17 bits per heavy atom. The van der Waals surface area contributed by atoms with Crippen molar-refractivity contribution in [1.82, 2.24) is 15.5 Å². The second-order valence-electron chi connectivity index (χ2n) is 5.55. The first-order chi connectivity index (χ1) is 11.5. The second kappa shape index (κ2) is 6.66. The van der Waals surface area contributed by atoms with Gasteiger partial charge in [-0.05, 0) is 31.5 Å². The molecule has 2 amide bonds. The van der Waals surface area contributed by atoms with Gasteiger partial charge in [0.25, 0.3) is 5.91 Å². The first kappa shape index (κ1) is 15.9. The topological polar surface area (TPSA) is 93.2 Å². The standard InChI is InChI=1S/C17H18N4O3/c1-3-11-8-14(10(2)20-21-11)17(23)18-12-5-4-6-13(7-12)24-16-9-15(22)19-16/h4-8,16H,3,9H2,1-2H3,(H,18,23)(H,19,22). The Bertz CT molecular complexity index is 783. The molecule has 1 aromatic carbocycles. The number of ether oxygens (including phenoxy) is 1. The van der Waals surface area contributed by atoms with Gasteiger partial charge in [0.05, 0.1) is 23.4 Å². The van der Waals surface area contributed by atoms with Gasteiger partial charge in [-0.15, -0.1) is 0 Å². The molecule has 7 heteroatoms. The molecular formula is C17H18N4O3. The maximum absolute atomic E-state index is 12.5. The van der Waals surface area contributed by atoms with E-state index in [0.29, 0.717) is 35.5 Å². The SMILES string of the molecule is CCc1cc(C(=O)Nc2cccc(OC3CC(=O)N3)c2)c(C)nn1. The molecule has 2 heterocycles. The molecule has 0 bridgehead atoms. The summed E-state index contributed by atoms with van der Waals surface area (Å²) in [6.45, 7) is 3.71. The van der Waals surface area contributed by atoms with Gasteiger partial charge in [-0.25, -0.2) is 0 Å². The summed E-state index contributed by atoms with van der Waals surface area (Å²) < 4.78 is 5.60. The third kappa shape index (κ3) is 3.51. The smallest absolute Gasteiger partial charge is 0.257 e. The number of hydrogen-bond acceptors (Lipinski definition) is 5. The van der Waals surface area contributed by atoms with Gasteiger partial charge < -0.3 is 15.4 Å². The minimum Gasteiger partial charge on any atom is -0.470 e. The van der Waals surface area contributed by atoms with E-state index in [1.165, 1.54) is 0 Å². The fraction of sp³-hybridized carbons (Fsp3) is 0.294. The van der Waals surface area contributed by atoms with Crippen molar-refractivity contribution in [3.63, 3.8) is 0 Å². The Balaban J connectivity index is 1.71. The molecule has 124 valence electrons. The number of β-lactam (4-membered cyclic amide) rings is 1. The van der Waals surface area contributed by atoms with E-state index < -0.39 is 0 Å². The lowest BCUT2D eigenvalue weighted by Crippen LogP contribution is -2.51. The van der Waals surface area contributed by atoms with Crippen LogP contribution < -0.4 is 15.4 Å². The summed E-state index contributed by atoms with van der Waals surface area (Å²) in [5.41, 5.74) is 2.45. The highest BCUT2D eigenvalue weighted by Gasteiger charge is 2.26. The Kier molecular flexibility index (Phi) is 4.41. The van der Waals surface area contributed by atoms with E-state index in [0.717, 1.165) is 5.69 Å². The zero-order valence-electron chi connectivity index (χ0n) is 13.5. The van der Waals surface area contributed by atoms with Gasteiger partial charge in [0, 0.05) is 11.8 Å². The molecular weight excluding hydrogens is 308 g/mol. The highest BCUT2D eigenvalue weighted by atomic mass is 16.5. The number of amides is 2. The Morgan fingerprint density at radius 1 is 1.38 bits per heavy atom. The summed E-state index contributed by atoms with van der Waals surface area (Å²) in [7, 11) is 0. The molecule has 1 aliphatic heterocycles. The number of nitrogens with zero attached hydrogens (tertiary/aromatic N) is 2. The zero-order valence-corrected chi connectivity index (χ0v) is 13.5. The van der Waals surface area contributed by atoms with Crippen LogP contribution in [0.25, 0.3) is 0 Å². The molecule has 1 saturated heterocycles. The third-order valence-corrected chi connectivity index (χ3v) is 3.70. The quantitative estimate of drug-likeness (QED) is 0.818. The first-order valence-corrected chi connectivity index (χ1v) is 7.76. The lowest BCUT2D eigenvalue weighted by molar-refractivity contribution is -0.134. The fourth-order valence-electron chi connectivity index (χ4n) is 2.30. The van der Waals surface area contributed by atoms with E-state index in [1.54, 1.807) is 37.3 Å². The summed E-state index contributed by atoms with van der Waals surface area (Å²) in [4.78, 5) is 23.4. The predicted octanol–water partition coefficient (Wildman–Crippen LogP) is 1.82. The number of benzene rings is 1. The largest absolute Gasteiger partial charge is 0.470 e. The molecule has 1 unspecified atom stereocenters. The maximum Gasteiger partial charge on any atom is 0.257 e. The molecule has 0 saturated carbocycles. The molecule has 2 aromatic rings. The highest BCUT2D eigenvalue weighted by molar-refractivity contribution is 6.05. The molecule has 1 atom stereocenters. The van der Waals surface area contributed by atoms with Gasteiger partial charge in [0.15, 0.2) is 6.23 Å². The minimum absolute atomic E-state index is 0.0307. The number of aryl methyl sites for hydroxylation is 2. The number of nitrogens with one attached hydrogen (secondary N) is 2. The van der Waals surface area contributed by atoms with Gasteiger partial charge in [0.1, 0.15) is 5.75 Å². The van der Waals surface area contributed by atoms with Crippen LogP contribution in [0.2, 0.25) is 0 Å². The lowest BCUT2D eigenvalue weighted by Gasteiger charge is -2.27. The van der Waals surface area contributed by atoms with E-state index >= 15 is 0 Å². The summed E-state index contributed by atoms with van der Waals surface area (Å²) >= 11 is 0. The molecule has 24 heavy (non-hydrogen) atoms. The van der Waals surface area contributed by atoms with Crippen molar-refractivity contribution in [2.24, 2.45) is 0 Å². The van der Waals surface area contributed by atoms with Crippen LogP contribution in [0, 0.1) is 6.92 Å². The normalized spacial score (nSPS) is 16.1. The third-order valence-electron chi connectivity index (χ3n) is 3.70. The Labute approximate surface area is 139 Å². The molecule has 2 N–H and O–H groups in total. The maximum atomic E-state index is 12.5. The number of carbonyl (C=O) groups excluding carboxylic acids is 2. The lowest BCUT2D eigenvalue weighted by atomic mass is 10.1. The molecule has 7 nitrogen and oxygen atoms in total. The minimum atomic E-state index is -0.304. The van der Waals surface area contributed by atoms with Gasteiger partial charge in [-0.2, -0.15) is 10.2 Å². The summed E-state index contributed by atoms with van der Waals surface area (Å²) in [5, 5.41) is 13.5. The van der Waals surface area contributed by atoms with E-state index in [9.17, 15) is 9.59 Å². The number of aromatic nitrogens is 2. The summed E-state index contributed by atoms with van der Waals surface area (Å²) in [6, 6.07) is 8.79. The first-order valence-electron chi connectivity index (χ1n) is 7.76. The van der Waals surface area contributed by atoms with Crippen LogP contribution in [0.15, 0.2) is 30.3 Å². The number of rotatable bonds is 5. The van der Waals surface area contributed by atoms with Crippen molar-refractivity contribution in [3.8, 4) is 5.75 Å². The molecule has 0 spiro atoms. The van der Waals surface area contributed by atoms with E-state index in [4.69, 9.17) is 4.74 Å². The van der Waals surface area contributed by atoms with Crippen molar-refractivity contribution in [2.75, 3.05) is 5.32 Å². The van der Waals surface area contributed by atoms with Gasteiger partial charge in [-0.3, -0.25) is 9.59 Å².